The maximum atomic E-state index is 15.6. The molecule has 0 aliphatic heterocycles. The van der Waals surface area contributed by atoms with E-state index in [2.05, 4.69) is 15.7 Å². The second-order valence-electron chi connectivity index (χ2n) is 10.6. The minimum Gasteiger partial charge on any atom is -0.494 e. The topological polar surface area (TPSA) is 115 Å². The minimum absolute atomic E-state index is 0.0241. The van der Waals surface area contributed by atoms with Crippen LogP contribution in [0.1, 0.15) is 16.8 Å². The van der Waals surface area contributed by atoms with Crippen LogP contribution in [0.25, 0.3) is 22.4 Å². The molecule has 0 saturated carbocycles. The summed E-state index contributed by atoms with van der Waals surface area (Å²) in [5.74, 6) is -2.64. The molecule has 16 heteroatoms. The first-order valence-electron chi connectivity index (χ1n) is 14.0. The van der Waals surface area contributed by atoms with Gasteiger partial charge in [0.2, 0.25) is 0 Å². The molecule has 0 radical (unpaired) electrons. The minimum atomic E-state index is -4.99. The fraction of sp³-hybridized carbons (Fsp3) is 0.226. The molecule has 0 saturated heterocycles. The number of methoxy groups -OCH3 is 1. The number of nitrogens with zero attached hydrogens (tertiary/aromatic N) is 5. The summed E-state index contributed by atoms with van der Waals surface area (Å²) in [6, 6.07) is 11.8. The Labute approximate surface area is 263 Å². The number of amides is 2. The maximum Gasteiger partial charge on any atom is 0.416 e. The number of anilines is 1. The zero-order valence-electron chi connectivity index (χ0n) is 25.4. The first-order chi connectivity index (χ1) is 22.3. The number of aromatic nitrogens is 4. The number of ether oxygens (including phenoxy) is 1. The molecule has 0 unspecified atom stereocenters. The number of hydrogen-bond donors (Lipinski definition) is 2. The smallest absolute Gasteiger partial charge is 0.416 e. The van der Waals surface area contributed by atoms with E-state index < -0.39 is 58.4 Å². The molecule has 2 heterocycles. The highest BCUT2D eigenvalue weighted by atomic mass is 19.4. The van der Waals surface area contributed by atoms with Crippen LogP contribution in [0, 0.1) is 11.6 Å². The summed E-state index contributed by atoms with van der Waals surface area (Å²) in [5, 5.41) is 9.29. The van der Waals surface area contributed by atoms with Gasteiger partial charge in [0, 0.05) is 24.8 Å². The summed E-state index contributed by atoms with van der Waals surface area (Å²) in [6.45, 7) is -0.980. The second kappa shape index (κ2) is 12.7. The summed E-state index contributed by atoms with van der Waals surface area (Å²) in [5.41, 5.74) is -4.45. The van der Waals surface area contributed by atoms with Crippen molar-refractivity contribution in [1.29, 1.82) is 0 Å². The third kappa shape index (κ3) is 6.18. The van der Waals surface area contributed by atoms with Gasteiger partial charge in [0.05, 0.1) is 36.3 Å². The van der Waals surface area contributed by atoms with Crippen LogP contribution in [0.3, 0.4) is 0 Å². The molecular weight excluding hydrogens is 629 g/mol. The number of benzene rings is 3. The van der Waals surface area contributed by atoms with Crippen LogP contribution in [0.15, 0.2) is 70.3 Å². The molecule has 2 aromatic heterocycles. The van der Waals surface area contributed by atoms with Crippen molar-refractivity contribution in [2.24, 2.45) is 0 Å². The van der Waals surface area contributed by atoms with Crippen LogP contribution < -0.4 is 26.6 Å². The molecule has 246 valence electrons. The molecule has 0 aliphatic carbocycles. The van der Waals surface area contributed by atoms with Crippen LogP contribution in [0.2, 0.25) is 0 Å². The molecule has 47 heavy (non-hydrogen) atoms. The van der Waals surface area contributed by atoms with Crippen molar-refractivity contribution < 1.29 is 31.5 Å². The molecule has 2 amide bonds. The van der Waals surface area contributed by atoms with E-state index in [4.69, 9.17) is 4.74 Å². The number of halogens is 5. The van der Waals surface area contributed by atoms with Gasteiger partial charge in [-0.25, -0.2) is 27.6 Å². The van der Waals surface area contributed by atoms with Gasteiger partial charge in [0.15, 0.2) is 17.2 Å². The Kier molecular flexibility index (Phi) is 8.89. The zero-order valence-corrected chi connectivity index (χ0v) is 25.4. The molecule has 0 atom stereocenters. The largest absolute Gasteiger partial charge is 0.494 e. The fourth-order valence-corrected chi connectivity index (χ4v) is 5.12. The highest BCUT2D eigenvalue weighted by Crippen LogP contribution is 2.34. The van der Waals surface area contributed by atoms with E-state index in [1.807, 2.05) is 0 Å². The molecule has 3 aromatic carbocycles. The number of nitrogens with one attached hydrogen (secondary N) is 2. The first-order valence-corrected chi connectivity index (χ1v) is 14.0. The summed E-state index contributed by atoms with van der Waals surface area (Å²) < 4.78 is 80.3. The lowest BCUT2D eigenvalue weighted by Gasteiger charge is -2.17. The van der Waals surface area contributed by atoms with Gasteiger partial charge in [0.25, 0.3) is 5.56 Å². The van der Waals surface area contributed by atoms with Gasteiger partial charge < -0.3 is 20.3 Å². The second-order valence-corrected chi connectivity index (χ2v) is 10.6. The predicted molar refractivity (Wildman–Crippen MR) is 163 cm³/mol. The molecule has 11 nitrogen and oxygen atoms in total. The third-order valence-electron chi connectivity index (χ3n) is 7.26. The number of rotatable bonds is 8. The van der Waals surface area contributed by atoms with Gasteiger partial charge in [-0.15, -0.1) is 5.10 Å². The average molecular weight is 658 g/mol. The Hall–Kier alpha value is -5.51. The quantitative estimate of drug-likeness (QED) is 0.238. The number of urea groups is 1. The van der Waals surface area contributed by atoms with E-state index >= 15 is 8.78 Å². The lowest BCUT2D eigenvalue weighted by atomic mass is 10.1. The van der Waals surface area contributed by atoms with Gasteiger partial charge in [0.1, 0.15) is 11.2 Å². The third-order valence-corrected chi connectivity index (χ3v) is 7.26. The van der Waals surface area contributed by atoms with E-state index in [1.54, 1.807) is 43.3 Å². The average Bonchev–Trinajstić information content (AvgIpc) is 3.38. The van der Waals surface area contributed by atoms with Gasteiger partial charge in [-0.05, 0) is 62.6 Å². The number of fused-ring (bicyclic) bond motifs is 1. The lowest BCUT2D eigenvalue weighted by Crippen LogP contribution is -2.40. The Morgan fingerprint density at radius 3 is 2.30 bits per heavy atom. The van der Waals surface area contributed by atoms with Crippen molar-refractivity contribution in [3.63, 3.8) is 0 Å². The number of alkyl halides is 3. The van der Waals surface area contributed by atoms with Crippen LogP contribution in [0.4, 0.5) is 32.4 Å². The van der Waals surface area contributed by atoms with Crippen molar-refractivity contribution in [2.45, 2.75) is 19.3 Å². The van der Waals surface area contributed by atoms with Crippen LogP contribution in [-0.4, -0.2) is 58.1 Å². The monoisotopic (exact) mass is 657 g/mol. The molecule has 5 rings (SSSR count). The van der Waals surface area contributed by atoms with Crippen LogP contribution in [0.5, 0.6) is 5.75 Å². The highest BCUT2D eigenvalue weighted by molar-refractivity contribution is 5.89. The highest BCUT2D eigenvalue weighted by Gasteiger charge is 2.35. The van der Waals surface area contributed by atoms with E-state index in [9.17, 15) is 27.6 Å². The zero-order chi connectivity index (χ0) is 34.2. The number of hydrogen-bond acceptors (Lipinski definition) is 6. The maximum absolute atomic E-state index is 15.6. The molecule has 0 aliphatic rings. The Morgan fingerprint density at radius 1 is 1.00 bits per heavy atom. The van der Waals surface area contributed by atoms with Crippen LogP contribution >= 0.6 is 0 Å². The van der Waals surface area contributed by atoms with Crippen molar-refractivity contribution in [3.8, 4) is 17.1 Å². The Bertz CT molecular complexity index is 2100. The van der Waals surface area contributed by atoms with Crippen molar-refractivity contribution in [3.05, 3.63) is 110 Å². The molecule has 0 bridgehead atoms. The van der Waals surface area contributed by atoms with Crippen molar-refractivity contribution >= 4 is 22.8 Å². The molecular formula is C31H28F5N7O4. The molecule has 0 fully saturated rings. The van der Waals surface area contributed by atoms with Crippen molar-refractivity contribution in [1.82, 2.24) is 29.1 Å². The summed E-state index contributed by atoms with van der Waals surface area (Å²) in [7, 11) is 5.99. The standard InChI is InChI=1S/C31H28F5N7O4/c1-37-29(45)38-17-11-13-18(14-12-17)43-23(16-40(2)3)25-27(39-43)41(15-19-20(31(34,35)36)7-5-8-21(19)32)30(46)42(28(25)44)22-9-6-10-24(47-4)26(22)33/h5-14H,15-16H2,1-4H3,(H2,37,38,45). The van der Waals surface area contributed by atoms with Crippen molar-refractivity contribution in [2.75, 3.05) is 33.6 Å². The molecule has 0 spiro atoms. The first kappa shape index (κ1) is 32.9. The van der Waals surface area contributed by atoms with Gasteiger partial charge in [-0.3, -0.25) is 9.36 Å². The SMILES string of the molecule is CNC(=O)Nc1ccc(-n2nc3c(c2CN(C)C)c(=O)n(-c2cccc(OC)c2F)c(=O)n3Cc2c(F)cccc2C(F)(F)F)cc1. The van der Waals surface area contributed by atoms with E-state index in [-0.39, 0.29) is 29.0 Å². The summed E-state index contributed by atoms with van der Waals surface area (Å²) >= 11 is 0. The Morgan fingerprint density at radius 2 is 1.68 bits per heavy atom. The van der Waals surface area contributed by atoms with Gasteiger partial charge in [-0.1, -0.05) is 12.1 Å². The molecule has 5 aromatic rings. The van der Waals surface area contributed by atoms with Gasteiger partial charge >= 0.3 is 17.9 Å². The fourth-order valence-electron chi connectivity index (χ4n) is 5.12. The lowest BCUT2D eigenvalue weighted by molar-refractivity contribution is -0.138. The normalized spacial score (nSPS) is 11.7. The Balaban J connectivity index is 1.88. The molecule has 2 N–H and O–H groups in total. The van der Waals surface area contributed by atoms with E-state index in [0.29, 0.717) is 26.6 Å². The predicted octanol–water partition coefficient (Wildman–Crippen LogP) is 4.50. The van der Waals surface area contributed by atoms with Gasteiger partial charge in [-0.2, -0.15) is 13.2 Å². The van der Waals surface area contributed by atoms with E-state index in [0.717, 1.165) is 18.2 Å². The van der Waals surface area contributed by atoms with Crippen LogP contribution in [-0.2, 0) is 19.3 Å². The summed E-state index contributed by atoms with van der Waals surface area (Å²) in [6.07, 6.45) is -4.99. The van der Waals surface area contributed by atoms with E-state index in [1.165, 1.54) is 31.0 Å². The summed E-state index contributed by atoms with van der Waals surface area (Å²) in [4.78, 5) is 41.8. The number of carbonyl (C=O) groups excluding carboxylic acids is 1. The number of carbonyl (C=O) groups is 1.